The molecule has 20 heavy (non-hydrogen) atoms. The van der Waals surface area contributed by atoms with E-state index in [9.17, 15) is 21.6 Å². The highest BCUT2D eigenvalue weighted by molar-refractivity contribution is 7.89. The van der Waals surface area contributed by atoms with Gasteiger partial charge in [-0.25, -0.2) is 13.1 Å². The van der Waals surface area contributed by atoms with Crippen LogP contribution >= 0.6 is 0 Å². The second kappa shape index (κ2) is 5.61. The van der Waals surface area contributed by atoms with Crippen LogP contribution in [0.5, 0.6) is 0 Å². The van der Waals surface area contributed by atoms with Crippen LogP contribution in [0.2, 0.25) is 0 Å². The van der Waals surface area contributed by atoms with Gasteiger partial charge in [-0.3, -0.25) is 0 Å². The Hall–Kier alpha value is -1.28. The number of hydrogen-bond acceptors (Lipinski definition) is 3. The van der Waals surface area contributed by atoms with Crippen LogP contribution in [0.15, 0.2) is 17.0 Å². The lowest BCUT2D eigenvalue weighted by Gasteiger charge is -2.17. The van der Waals surface area contributed by atoms with Crippen molar-refractivity contribution in [3.8, 4) is 0 Å². The fraction of sp³-hybridized carbons (Fsp3) is 0.500. The molecule has 0 amide bonds. The molecule has 1 rings (SSSR count). The van der Waals surface area contributed by atoms with Crippen LogP contribution in [0.3, 0.4) is 0 Å². The van der Waals surface area contributed by atoms with Crippen LogP contribution < -0.4 is 10.5 Å². The van der Waals surface area contributed by atoms with E-state index in [1.165, 1.54) is 12.1 Å². The highest BCUT2D eigenvalue weighted by Gasteiger charge is 2.32. The Balaban J connectivity index is 3.00. The number of rotatable bonds is 4. The standard InChI is InChI=1S/C12H17F3N2O2S/c1-7-4-10(5-11(16)9(7)3)20(18,19)17-8(2)6-12(13,14)15/h4-5,8,17H,6,16H2,1-3H3. The zero-order valence-electron chi connectivity index (χ0n) is 11.4. The van der Waals surface area contributed by atoms with Crippen molar-refractivity contribution in [1.29, 1.82) is 0 Å². The van der Waals surface area contributed by atoms with E-state index in [1.807, 2.05) is 4.72 Å². The molecule has 0 saturated heterocycles. The minimum Gasteiger partial charge on any atom is -0.398 e. The molecule has 1 aromatic carbocycles. The van der Waals surface area contributed by atoms with Gasteiger partial charge in [0, 0.05) is 11.7 Å². The van der Waals surface area contributed by atoms with Gasteiger partial charge in [-0.2, -0.15) is 13.2 Å². The SMILES string of the molecule is Cc1cc(S(=O)(=O)NC(C)CC(F)(F)F)cc(N)c1C. The molecular weight excluding hydrogens is 293 g/mol. The van der Waals surface area contributed by atoms with Crippen molar-refractivity contribution in [2.45, 2.75) is 44.3 Å². The summed E-state index contributed by atoms with van der Waals surface area (Å²) in [5.41, 5.74) is 7.37. The zero-order valence-corrected chi connectivity index (χ0v) is 12.2. The summed E-state index contributed by atoms with van der Waals surface area (Å²) in [6.45, 7) is 4.58. The first-order chi connectivity index (χ1) is 8.92. The van der Waals surface area contributed by atoms with Crippen LogP contribution in [0.4, 0.5) is 18.9 Å². The van der Waals surface area contributed by atoms with Crippen molar-refractivity contribution in [3.05, 3.63) is 23.3 Å². The topological polar surface area (TPSA) is 72.2 Å². The third-order valence-corrected chi connectivity index (χ3v) is 4.45. The Morgan fingerprint density at radius 2 is 1.85 bits per heavy atom. The van der Waals surface area contributed by atoms with Crippen molar-refractivity contribution >= 4 is 15.7 Å². The minimum atomic E-state index is -4.43. The highest BCUT2D eigenvalue weighted by atomic mass is 32.2. The zero-order chi connectivity index (χ0) is 15.7. The number of alkyl halides is 3. The molecule has 0 heterocycles. The largest absolute Gasteiger partial charge is 0.398 e. The van der Waals surface area contributed by atoms with E-state index in [-0.39, 0.29) is 10.6 Å². The third-order valence-electron chi connectivity index (χ3n) is 2.89. The van der Waals surface area contributed by atoms with Gasteiger partial charge >= 0.3 is 6.18 Å². The van der Waals surface area contributed by atoms with Gasteiger partial charge in [-0.15, -0.1) is 0 Å². The van der Waals surface area contributed by atoms with Crippen molar-refractivity contribution in [1.82, 2.24) is 4.72 Å². The van der Waals surface area contributed by atoms with Gasteiger partial charge in [-0.05, 0) is 44.0 Å². The third kappa shape index (κ3) is 4.38. The second-order valence-electron chi connectivity index (χ2n) is 4.80. The smallest absolute Gasteiger partial charge is 0.390 e. The normalized spacial score (nSPS) is 14.3. The van der Waals surface area contributed by atoms with E-state index in [2.05, 4.69) is 0 Å². The van der Waals surface area contributed by atoms with Crippen molar-refractivity contribution in [2.75, 3.05) is 5.73 Å². The van der Waals surface area contributed by atoms with Gasteiger partial charge in [0.1, 0.15) is 0 Å². The molecule has 4 nitrogen and oxygen atoms in total. The lowest BCUT2D eigenvalue weighted by atomic mass is 10.1. The Morgan fingerprint density at radius 3 is 2.30 bits per heavy atom. The molecule has 0 radical (unpaired) electrons. The first-order valence-corrected chi connectivity index (χ1v) is 7.36. The van der Waals surface area contributed by atoms with Crippen molar-refractivity contribution in [2.24, 2.45) is 0 Å². The molecule has 0 spiro atoms. The molecule has 1 aromatic rings. The number of halogens is 3. The minimum absolute atomic E-state index is 0.132. The molecule has 0 fully saturated rings. The molecule has 114 valence electrons. The van der Waals surface area contributed by atoms with E-state index in [1.54, 1.807) is 13.8 Å². The molecule has 3 N–H and O–H groups in total. The van der Waals surface area contributed by atoms with Gasteiger partial charge in [0.15, 0.2) is 0 Å². The maximum Gasteiger partial charge on any atom is 0.390 e. The van der Waals surface area contributed by atoms with Gasteiger partial charge in [0.25, 0.3) is 0 Å². The monoisotopic (exact) mass is 310 g/mol. The molecule has 0 aliphatic carbocycles. The van der Waals surface area contributed by atoms with Crippen LogP contribution in [-0.4, -0.2) is 20.6 Å². The predicted octanol–water partition coefficient (Wildman–Crippen LogP) is 2.50. The molecule has 0 aliphatic heterocycles. The fourth-order valence-corrected chi connectivity index (χ4v) is 3.09. The van der Waals surface area contributed by atoms with Gasteiger partial charge in [0.05, 0.1) is 11.3 Å². The van der Waals surface area contributed by atoms with Crippen molar-refractivity contribution in [3.63, 3.8) is 0 Å². The van der Waals surface area contributed by atoms with E-state index >= 15 is 0 Å². The van der Waals surface area contributed by atoms with Gasteiger partial charge in [-0.1, -0.05) is 0 Å². The molecule has 0 aromatic heterocycles. The summed E-state index contributed by atoms with van der Waals surface area (Å²) < 4.78 is 62.7. The number of aryl methyl sites for hydroxylation is 1. The molecule has 1 unspecified atom stereocenters. The highest BCUT2D eigenvalue weighted by Crippen LogP contribution is 2.24. The number of nitrogens with one attached hydrogen (secondary N) is 1. The van der Waals surface area contributed by atoms with Gasteiger partial charge in [0.2, 0.25) is 10.0 Å². The summed E-state index contributed by atoms with van der Waals surface area (Å²) in [5.74, 6) is 0. The Morgan fingerprint density at radius 1 is 1.30 bits per heavy atom. The number of nitrogen functional groups attached to an aromatic ring is 1. The number of benzene rings is 1. The van der Waals surface area contributed by atoms with Gasteiger partial charge < -0.3 is 5.73 Å². The summed E-state index contributed by atoms with van der Waals surface area (Å²) in [4.78, 5) is -0.132. The summed E-state index contributed by atoms with van der Waals surface area (Å²) in [7, 11) is -4.02. The molecular formula is C12H17F3N2O2S. The first-order valence-electron chi connectivity index (χ1n) is 5.88. The Labute approximate surface area is 116 Å². The number of nitrogens with two attached hydrogens (primary N) is 1. The van der Waals surface area contributed by atoms with E-state index in [4.69, 9.17) is 5.73 Å². The Bertz CT molecular complexity index is 574. The van der Waals surface area contributed by atoms with E-state index < -0.39 is 28.7 Å². The van der Waals surface area contributed by atoms with Crippen LogP contribution in [0.25, 0.3) is 0 Å². The summed E-state index contributed by atoms with van der Waals surface area (Å²) in [6, 6.07) is 1.38. The molecule has 0 saturated carbocycles. The number of anilines is 1. The van der Waals surface area contributed by atoms with E-state index in [0.29, 0.717) is 5.56 Å². The molecule has 0 bridgehead atoms. The quantitative estimate of drug-likeness (QED) is 0.839. The van der Waals surface area contributed by atoms with Crippen LogP contribution in [0, 0.1) is 13.8 Å². The van der Waals surface area contributed by atoms with Crippen LogP contribution in [-0.2, 0) is 10.0 Å². The number of sulfonamides is 1. The average molecular weight is 310 g/mol. The lowest BCUT2D eigenvalue weighted by Crippen LogP contribution is -2.36. The number of hydrogen-bond donors (Lipinski definition) is 2. The first kappa shape index (κ1) is 16.8. The fourth-order valence-electron chi connectivity index (χ4n) is 1.73. The summed E-state index contributed by atoms with van der Waals surface area (Å²) in [5, 5.41) is 0. The van der Waals surface area contributed by atoms with E-state index in [0.717, 1.165) is 12.5 Å². The Kier molecular flexibility index (Phi) is 4.70. The second-order valence-corrected chi connectivity index (χ2v) is 6.51. The van der Waals surface area contributed by atoms with Crippen molar-refractivity contribution < 1.29 is 21.6 Å². The molecule has 8 heteroatoms. The summed E-state index contributed by atoms with van der Waals surface area (Å²) in [6.07, 6.45) is -5.66. The maximum atomic E-state index is 12.2. The molecule has 1 atom stereocenters. The average Bonchev–Trinajstić information content (AvgIpc) is 2.21. The predicted molar refractivity (Wildman–Crippen MR) is 70.8 cm³/mol. The lowest BCUT2D eigenvalue weighted by molar-refractivity contribution is -0.137. The maximum absolute atomic E-state index is 12.2. The molecule has 0 aliphatic rings. The summed E-state index contributed by atoms with van der Waals surface area (Å²) >= 11 is 0. The van der Waals surface area contributed by atoms with Crippen LogP contribution in [0.1, 0.15) is 24.5 Å².